The van der Waals surface area contributed by atoms with Gasteiger partial charge in [0.15, 0.2) is 5.82 Å². The third-order valence-electron chi connectivity index (χ3n) is 2.22. The van der Waals surface area contributed by atoms with Crippen LogP contribution in [0.5, 0.6) is 0 Å². The maximum Gasteiger partial charge on any atom is 0.264 e. The predicted molar refractivity (Wildman–Crippen MR) is 69.4 cm³/mol. The van der Waals surface area contributed by atoms with E-state index in [-0.39, 0.29) is 10.7 Å². The third kappa shape index (κ3) is 3.07. The van der Waals surface area contributed by atoms with Crippen LogP contribution in [0.3, 0.4) is 0 Å². The van der Waals surface area contributed by atoms with Crippen LogP contribution in [-0.4, -0.2) is 30.6 Å². The summed E-state index contributed by atoms with van der Waals surface area (Å²) in [4.78, 5) is 14.7. The van der Waals surface area contributed by atoms with Gasteiger partial charge < -0.3 is 5.32 Å². The van der Waals surface area contributed by atoms with Gasteiger partial charge in [0, 0.05) is 19.3 Å². The van der Waals surface area contributed by atoms with E-state index in [0.717, 1.165) is 0 Å². The summed E-state index contributed by atoms with van der Waals surface area (Å²) in [6.45, 7) is 0. The van der Waals surface area contributed by atoms with Crippen LogP contribution in [-0.2, 0) is 10.0 Å². The fourth-order valence-electron chi connectivity index (χ4n) is 1.29. The molecule has 2 aromatic rings. The first-order chi connectivity index (χ1) is 9.01. The number of hydrogen-bond acceptors (Lipinski definition) is 6. The van der Waals surface area contributed by atoms with Gasteiger partial charge in [-0.15, -0.1) is 0 Å². The van der Waals surface area contributed by atoms with Crippen LogP contribution >= 0.6 is 0 Å². The molecule has 2 heterocycles. The zero-order valence-corrected chi connectivity index (χ0v) is 10.7. The minimum Gasteiger partial charge on any atom is -0.373 e. The summed E-state index contributed by atoms with van der Waals surface area (Å²) in [5.41, 5.74) is -0.414. The molecule has 3 N–H and O–H groups in total. The molecule has 0 atom stereocenters. The Morgan fingerprint density at radius 3 is 2.42 bits per heavy atom. The van der Waals surface area contributed by atoms with Crippen molar-refractivity contribution in [1.29, 1.82) is 0 Å². The Balaban J connectivity index is 2.26. The molecule has 0 unspecified atom stereocenters. The van der Waals surface area contributed by atoms with Gasteiger partial charge in [0.25, 0.3) is 15.6 Å². The molecule has 0 radical (unpaired) electrons. The van der Waals surface area contributed by atoms with Crippen molar-refractivity contribution in [2.45, 2.75) is 4.90 Å². The first-order valence-electron chi connectivity index (χ1n) is 5.23. The SMILES string of the molecule is CNc1ccc(S(=O)(=O)Nc2ccc(=O)[nH]n2)cn1. The Morgan fingerprint density at radius 1 is 1.16 bits per heavy atom. The normalized spacial score (nSPS) is 11.0. The first kappa shape index (κ1) is 13.0. The molecular formula is C10H11N5O3S. The molecule has 0 bridgehead atoms. The van der Waals surface area contributed by atoms with E-state index in [1.807, 2.05) is 0 Å². The van der Waals surface area contributed by atoms with Crippen molar-refractivity contribution in [2.24, 2.45) is 0 Å². The van der Waals surface area contributed by atoms with Crippen LogP contribution in [0.15, 0.2) is 40.2 Å². The van der Waals surface area contributed by atoms with Crippen molar-refractivity contribution in [2.75, 3.05) is 17.1 Å². The van der Waals surface area contributed by atoms with E-state index in [1.165, 1.54) is 30.5 Å². The molecule has 0 saturated carbocycles. The van der Waals surface area contributed by atoms with E-state index in [1.54, 1.807) is 7.05 Å². The highest BCUT2D eigenvalue weighted by atomic mass is 32.2. The molecule has 100 valence electrons. The van der Waals surface area contributed by atoms with Crippen molar-refractivity contribution in [3.63, 3.8) is 0 Å². The summed E-state index contributed by atoms with van der Waals surface area (Å²) in [7, 11) is -2.10. The number of H-pyrrole nitrogens is 1. The molecule has 0 fully saturated rings. The zero-order chi connectivity index (χ0) is 13.9. The number of nitrogens with zero attached hydrogens (tertiary/aromatic N) is 2. The average Bonchev–Trinajstić information content (AvgIpc) is 2.41. The highest BCUT2D eigenvalue weighted by molar-refractivity contribution is 7.92. The third-order valence-corrected chi connectivity index (χ3v) is 3.56. The van der Waals surface area contributed by atoms with Crippen LogP contribution in [0, 0.1) is 0 Å². The second-order valence-corrected chi connectivity index (χ2v) is 5.22. The Labute approximate surface area is 109 Å². The van der Waals surface area contributed by atoms with Crippen LogP contribution in [0.1, 0.15) is 0 Å². The van der Waals surface area contributed by atoms with Crippen molar-refractivity contribution in [1.82, 2.24) is 15.2 Å². The lowest BCUT2D eigenvalue weighted by molar-refractivity contribution is 0.600. The van der Waals surface area contributed by atoms with Gasteiger partial charge in [-0.1, -0.05) is 0 Å². The number of rotatable bonds is 4. The number of hydrogen-bond donors (Lipinski definition) is 3. The molecule has 19 heavy (non-hydrogen) atoms. The van der Waals surface area contributed by atoms with Crippen LogP contribution in [0.25, 0.3) is 0 Å². The first-order valence-corrected chi connectivity index (χ1v) is 6.72. The molecule has 0 aliphatic carbocycles. The Kier molecular flexibility index (Phi) is 3.47. The number of nitrogens with one attached hydrogen (secondary N) is 3. The van der Waals surface area contributed by atoms with Gasteiger partial charge in [-0.3, -0.25) is 9.52 Å². The van der Waals surface area contributed by atoms with Gasteiger partial charge in [-0.2, -0.15) is 5.10 Å². The number of pyridine rings is 1. The average molecular weight is 281 g/mol. The second-order valence-electron chi connectivity index (χ2n) is 3.54. The quantitative estimate of drug-likeness (QED) is 0.726. The molecule has 0 spiro atoms. The lowest BCUT2D eigenvalue weighted by Gasteiger charge is -2.06. The monoisotopic (exact) mass is 281 g/mol. The van der Waals surface area contributed by atoms with E-state index in [2.05, 4.69) is 25.2 Å². The summed E-state index contributed by atoms with van der Waals surface area (Å²) in [5, 5.41) is 8.48. The van der Waals surface area contributed by atoms with E-state index in [4.69, 9.17) is 0 Å². The van der Waals surface area contributed by atoms with Crippen molar-refractivity contribution >= 4 is 21.7 Å². The smallest absolute Gasteiger partial charge is 0.264 e. The van der Waals surface area contributed by atoms with Gasteiger partial charge in [0.05, 0.1) is 0 Å². The lowest BCUT2D eigenvalue weighted by Crippen LogP contribution is -2.16. The molecule has 9 heteroatoms. The minimum absolute atomic E-state index is 0.000463. The summed E-state index contributed by atoms with van der Waals surface area (Å²) in [5.74, 6) is 0.582. The van der Waals surface area contributed by atoms with E-state index < -0.39 is 15.6 Å². The molecule has 2 aromatic heterocycles. The van der Waals surface area contributed by atoms with Crippen molar-refractivity contribution < 1.29 is 8.42 Å². The fourth-order valence-corrected chi connectivity index (χ4v) is 2.23. The summed E-state index contributed by atoms with van der Waals surface area (Å²) >= 11 is 0. The van der Waals surface area contributed by atoms with E-state index in [9.17, 15) is 13.2 Å². The van der Waals surface area contributed by atoms with Crippen LogP contribution in [0.4, 0.5) is 11.6 Å². The number of aromatic amines is 1. The number of aromatic nitrogens is 3. The summed E-state index contributed by atoms with van der Waals surface area (Å²) in [6.07, 6.45) is 1.22. The zero-order valence-electron chi connectivity index (χ0n) is 9.91. The highest BCUT2D eigenvalue weighted by Crippen LogP contribution is 2.13. The van der Waals surface area contributed by atoms with Crippen molar-refractivity contribution in [3.05, 3.63) is 40.8 Å². The minimum atomic E-state index is -3.78. The standard InChI is InChI=1S/C10H11N5O3S/c1-11-8-3-2-7(6-12-8)19(17,18)15-9-4-5-10(16)14-13-9/h2-6H,1H3,(H,11,12)(H,13,15)(H,14,16). The highest BCUT2D eigenvalue weighted by Gasteiger charge is 2.15. The van der Waals surface area contributed by atoms with Gasteiger partial charge in [-0.25, -0.2) is 18.5 Å². The molecule has 8 nitrogen and oxygen atoms in total. The topological polar surface area (TPSA) is 117 Å². The van der Waals surface area contributed by atoms with Gasteiger partial charge in [0.1, 0.15) is 10.7 Å². The summed E-state index contributed by atoms with van der Waals surface area (Å²) in [6, 6.07) is 5.39. The maximum atomic E-state index is 12.0. The molecular weight excluding hydrogens is 270 g/mol. The molecule has 0 aromatic carbocycles. The predicted octanol–water partition coefficient (Wildman–Crippen LogP) is 0.00740. The molecule has 2 rings (SSSR count). The lowest BCUT2D eigenvalue weighted by atomic mass is 10.5. The van der Waals surface area contributed by atoms with Crippen molar-refractivity contribution in [3.8, 4) is 0 Å². The van der Waals surface area contributed by atoms with Gasteiger partial charge >= 0.3 is 0 Å². The molecule has 0 aliphatic rings. The Hall–Kier alpha value is -2.42. The Morgan fingerprint density at radius 2 is 1.89 bits per heavy atom. The second kappa shape index (κ2) is 5.06. The van der Waals surface area contributed by atoms with Crippen LogP contribution in [0.2, 0.25) is 0 Å². The van der Waals surface area contributed by atoms with Gasteiger partial charge in [0.2, 0.25) is 0 Å². The van der Waals surface area contributed by atoms with Gasteiger partial charge in [-0.05, 0) is 18.2 Å². The molecule has 0 aliphatic heterocycles. The Bertz CT molecular complexity index is 703. The molecule has 0 amide bonds. The number of sulfonamides is 1. The molecule has 0 saturated heterocycles. The van der Waals surface area contributed by atoms with E-state index >= 15 is 0 Å². The summed E-state index contributed by atoms with van der Waals surface area (Å²) < 4.78 is 26.2. The maximum absolute atomic E-state index is 12.0. The number of anilines is 2. The van der Waals surface area contributed by atoms with Crippen LogP contribution < -0.4 is 15.6 Å². The fraction of sp³-hybridized carbons (Fsp3) is 0.100. The van der Waals surface area contributed by atoms with E-state index in [0.29, 0.717) is 5.82 Å². The largest absolute Gasteiger partial charge is 0.373 e.